The Labute approximate surface area is 156 Å². The van der Waals surface area contributed by atoms with Gasteiger partial charge in [0.25, 0.3) is 0 Å². The molecule has 0 aliphatic rings. The molecule has 3 aromatic rings. The van der Waals surface area contributed by atoms with Crippen molar-refractivity contribution in [2.24, 2.45) is 0 Å². The molecule has 0 saturated heterocycles. The van der Waals surface area contributed by atoms with E-state index < -0.39 is 34.3 Å². The number of hydrogen-bond donors (Lipinski definition) is 1. The average molecular weight is 393 g/mol. The first-order valence-corrected chi connectivity index (χ1v) is 8.71. The molecule has 27 heavy (non-hydrogen) atoms. The van der Waals surface area contributed by atoms with Crippen LogP contribution >= 0.6 is 11.8 Å². The number of nitrogens with one attached hydrogen (secondary N) is 1. The van der Waals surface area contributed by atoms with Crippen molar-refractivity contribution in [3.8, 4) is 5.69 Å². The molecule has 0 spiro atoms. The molecule has 1 atom stereocenters. The lowest BCUT2D eigenvalue weighted by atomic mass is 10.2. The number of anilines is 1. The van der Waals surface area contributed by atoms with Gasteiger partial charge in [-0.3, -0.25) is 4.79 Å². The van der Waals surface area contributed by atoms with E-state index in [2.05, 4.69) is 20.8 Å². The Morgan fingerprint density at radius 3 is 2.52 bits per heavy atom. The van der Waals surface area contributed by atoms with Crippen LogP contribution in [-0.4, -0.2) is 31.4 Å². The van der Waals surface area contributed by atoms with Crippen molar-refractivity contribution >= 4 is 23.4 Å². The predicted molar refractivity (Wildman–Crippen MR) is 94.2 cm³/mol. The first kappa shape index (κ1) is 18.9. The van der Waals surface area contributed by atoms with Crippen molar-refractivity contribution in [3.05, 3.63) is 59.4 Å². The van der Waals surface area contributed by atoms with Crippen LogP contribution in [0.15, 0.2) is 41.6 Å². The van der Waals surface area contributed by atoms with Gasteiger partial charge in [0.1, 0.15) is 0 Å². The smallest absolute Gasteiger partial charge is 0.237 e. The summed E-state index contributed by atoms with van der Waals surface area (Å²) in [7, 11) is 0. The second-order valence-corrected chi connectivity index (χ2v) is 6.99. The van der Waals surface area contributed by atoms with Crippen LogP contribution in [0.25, 0.3) is 5.69 Å². The minimum Gasteiger partial charge on any atom is -0.323 e. The van der Waals surface area contributed by atoms with Crippen LogP contribution in [0, 0.1) is 24.4 Å². The zero-order valence-electron chi connectivity index (χ0n) is 14.3. The second kappa shape index (κ2) is 7.78. The molecule has 0 fully saturated rings. The van der Waals surface area contributed by atoms with Crippen molar-refractivity contribution in [2.75, 3.05) is 5.32 Å². The molecule has 1 amide bonds. The monoisotopic (exact) mass is 393 g/mol. The van der Waals surface area contributed by atoms with Gasteiger partial charge in [0.15, 0.2) is 17.5 Å². The highest BCUT2D eigenvalue weighted by Crippen LogP contribution is 2.25. The summed E-state index contributed by atoms with van der Waals surface area (Å²) < 4.78 is 41.4. The standard InChI is InChI=1S/C17H14F3N5OS/c1-9-3-5-11(6-4-9)25-17(22-23-24-25)27-10(2)16(26)21-13-8-7-12(18)14(19)15(13)20/h3-8,10H,1-2H3,(H,21,26)/t10-/m1/s1. The number of aromatic nitrogens is 4. The number of halogens is 3. The number of rotatable bonds is 5. The van der Waals surface area contributed by atoms with E-state index in [-0.39, 0.29) is 0 Å². The second-order valence-electron chi connectivity index (χ2n) is 5.68. The van der Waals surface area contributed by atoms with Gasteiger partial charge in [0.05, 0.1) is 16.6 Å². The minimum atomic E-state index is -1.64. The molecule has 1 heterocycles. The van der Waals surface area contributed by atoms with Crippen molar-refractivity contribution in [3.63, 3.8) is 0 Å². The van der Waals surface area contributed by atoms with Crippen molar-refractivity contribution in [1.82, 2.24) is 20.2 Å². The Hall–Kier alpha value is -2.88. The van der Waals surface area contributed by atoms with Gasteiger partial charge < -0.3 is 5.32 Å². The highest BCUT2D eigenvalue weighted by molar-refractivity contribution is 8.00. The number of amides is 1. The number of nitrogens with zero attached hydrogens (tertiary/aromatic N) is 4. The molecule has 0 aliphatic heterocycles. The molecule has 10 heteroatoms. The molecule has 2 aromatic carbocycles. The van der Waals surface area contributed by atoms with Crippen LogP contribution in [0.5, 0.6) is 0 Å². The van der Waals surface area contributed by atoms with Crippen LogP contribution in [0.4, 0.5) is 18.9 Å². The summed E-state index contributed by atoms with van der Waals surface area (Å²) in [5.74, 6) is -5.03. The molecule has 0 bridgehead atoms. The molecule has 0 radical (unpaired) electrons. The third-order valence-corrected chi connectivity index (χ3v) is 4.70. The van der Waals surface area contributed by atoms with E-state index in [0.29, 0.717) is 10.8 Å². The molecular weight excluding hydrogens is 379 g/mol. The Kier molecular flexibility index (Phi) is 5.45. The fraction of sp³-hybridized carbons (Fsp3) is 0.176. The SMILES string of the molecule is Cc1ccc(-n2nnnc2S[C@H](C)C(=O)Nc2ccc(F)c(F)c2F)cc1. The van der Waals surface area contributed by atoms with Crippen LogP contribution in [0.1, 0.15) is 12.5 Å². The van der Waals surface area contributed by atoms with Crippen LogP contribution in [0.2, 0.25) is 0 Å². The molecule has 6 nitrogen and oxygen atoms in total. The molecular formula is C17H14F3N5OS. The summed E-state index contributed by atoms with van der Waals surface area (Å²) in [6, 6.07) is 9.15. The summed E-state index contributed by atoms with van der Waals surface area (Å²) >= 11 is 1.04. The predicted octanol–water partition coefficient (Wildman–Crippen LogP) is 3.51. The van der Waals surface area contributed by atoms with Gasteiger partial charge in [0.2, 0.25) is 11.1 Å². The third kappa shape index (κ3) is 4.11. The minimum absolute atomic E-state index is 0.354. The lowest BCUT2D eigenvalue weighted by Crippen LogP contribution is -2.23. The van der Waals surface area contributed by atoms with Gasteiger partial charge in [0, 0.05) is 0 Å². The number of benzene rings is 2. The number of hydrogen-bond acceptors (Lipinski definition) is 5. The lowest BCUT2D eigenvalue weighted by molar-refractivity contribution is -0.115. The van der Waals surface area contributed by atoms with E-state index in [0.717, 1.165) is 29.5 Å². The average Bonchev–Trinajstić information content (AvgIpc) is 3.10. The van der Waals surface area contributed by atoms with Crippen LogP contribution < -0.4 is 5.32 Å². The van der Waals surface area contributed by atoms with Gasteiger partial charge in [-0.15, -0.1) is 5.10 Å². The number of tetrazole rings is 1. The Bertz CT molecular complexity index is 977. The van der Waals surface area contributed by atoms with Crippen LogP contribution in [-0.2, 0) is 4.79 Å². The van der Waals surface area contributed by atoms with E-state index in [4.69, 9.17) is 0 Å². The fourth-order valence-electron chi connectivity index (χ4n) is 2.17. The van der Waals surface area contributed by atoms with Gasteiger partial charge in [-0.05, 0) is 48.5 Å². The largest absolute Gasteiger partial charge is 0.323 e. The maximum Gasteiger partial charge on any atom is 0.237 e. The molecule has 1 aromatic heterocycles. The zero-order valence-corrected chi connectivity index (χ0v) is 15.1. The van der Waals surface area contributed by atoms with E-state index >= 15 is 0 Å². The van der Waals surface area contributed by atoms with Gasteiger partial charge in [-0.2, -0.15) is 4.68 Å². The molecule has 0 unspecified atom stereocenters. The lowest BCUT2D eigenvalue weighted by Gasteiger charge is -2.12. The number of carbonyl (C=O) groups is 1. The summed E-state index contributed by atoms with van der Waals surface area (Å²) in [6.07, 6.45) is 0. The normalized spacial score (nSPS) is 12.0. The summed E-state index contributed by atoms with van der Waals surface area (Å²) in [5, 5.41) is 13.3. The fourth-order valence-corrected chi connectivity index (χ4v) is 2.98. The Morgan fingerprint density at radius 2 is 1.81 bits per heavy atom. The highest BCUT2D eigenvalue weighted by atomic mass is 32.2. The van der Waals surface area contributed by atoms with Crippen molar-refractivity contribution in [2.45, 2.75) is 24.3 Å². The van der Waals surface area contributed by atoms with Gasteiger partial charge in [-0.25, -0.2) is 13.2 Å². The highest BCUT2D eigenvalue weighted by Gasteiger charge is 2.22. The number of aryl methyl sites for hydroxylation is 1. The van der Waals surface area contributed by atoms with Crippen molar-refractivity contribution < 1.29 is 18.0 Å². The molecule has 3 rings (SSSR count). The van der Waals surface area contributed by atoms with Gasteiger partial charge >= 0.3 is 0 Å². The molecule has 1 N–H and O–H groups in total. The Balaban J connectivity index is 1.74. The molecule has 0 aliphatic carbocycles. The first-order valence-electron chi connectivity index (χ1n) is 7.83. The topological polar surface area (TPSA) is 72.7 Å². The van der Waals surface area contributed by atoms with E-state index in [1.54, 1.807) is 6.92 Å². The maximum absolute atomic E-state index is 13.7. The number of carbonyl (C=O) groups excluding carboxylic acids is 1. The number of thioether (sulfide) groups is 1. The molecule has 140 valence electrons. The van der Waals surface area contributed by atoms with E-state index in [9.17, 15) is 18.0 Å². The summed E-state index contributed by atoms with van der Waals surface area (Å²) in [5.41, 5.74) is 1.35. The van der Waals surface area contributed by atoms with Gasteiger partial charge in [-0.1, -0.05) is 29.5 Å². The van der Waals surface area contributed by atoms with E-state index in [1.165, 1.54) is 4.68 Å². The summed E-state index contributed by atoms with van der Waals surface area (Å²) in [4.78, 5) is 12.3. The van der Waals surface area contributed by atoms with Crippen molar-refractivity contribution in [1.29, 1.82) is 0 Å². The third-order valence-electron chi connectivity index (χ3n) is 3.66. The van der Waals surface area contributed by atoms with E-state index in [1.807, 2.05) is 31.2 Å². The first-order chi connectivity index (χ1) is 12.9. The Morgan fingerprint density at radius 1 is 1.11 bits per heavy atom. The zero-order chi connectivity index (χ0) is 19.6. The molecule has 0 saturated carbocycles. The van der Waals surface area contributed by atoms with Crippen LogP contribution in [0.3, 0.4) is 0 Å². The summed E-state index contributed by atoms with van der Waals surface area (Å²) in [6.45, 7) is 3.51. The quantitative estimate of drug-likeness (QED) is 0.531. The maximum atomic E-state index is 13.7.